The van der Waals surface area contributed by atoms with Gasteiger partial charge in [0.1, 0.15) is 11.3 Å². The fourth-order valence-corrected chi connectivity index (χ4v) is 2.33. The first-order chi connectivity index (χ1) is 11.0. The molecule has 2 amide bonds. The third kappa shape index (κ3) is 4.98. The molecular formula is C15H22N4O4. The first kappa shape index (κ1) is 17.3. The van der Waals surface area contributed by atoms with Gasteiger partial charge in [-0.2, -0.15) is 0 Å². The summed E-state index contributed by atoms with van der Waals surface area (Å²) in [5.74, 6) is -0.496. The van der Waals surface area contributed by atoms with E-state index < -0.39 is 5.60 Å². The zero-order chi connectivity index (χ0) is 16.7. The van der Waals surface area contributed by atoms with Crippen molar-refractivity contribution in [3.05, 3.63) is 30.1 Å². The Labute approximate surface area is 134 Å². The Bertz CT molecular complexity index is 540. The highest BCUT2D eigenvalue weighted by Gasteiger charge is 2.34. The Balaban J connectivity index is 1.96. The van der Waals surface area contributed by atoms with Crippen molar-refractivity contribution in [1.29, 1.82) is 0 Å². The molecule has 126 valence electrons. The van der Waals surface area contributed by atoms with Gasteiger partial charge in [0.15, 0.2) is 0 Å². The lowest BCUT2D eigenvalue weighted by Crippen LogP contribution is -2.54. The second-order valence-electron chi connectivity index (χ2n) is 5.52. The van der Waals surface area contributed by atoms with E-state index in [1.807, 2.05) is 0 Å². The van der Waals surface area contributed by atoms with Crippen LogP contribution in [0.15, 0.2) is 24.4 Å². The maximum absolute atomic E-state index is 12.0. The maximum Gasteiger partial charge on any atom is 0.269 e. The molecule has 0 saturated carbocycles. The average Bonchev–Trinajstić information content (AvgIpc) is 2.76. The van der Waals surface area contributed by atoms with Gasteiger partial charge in [0, 0.05) is 12.7 Å². The van der Waals surface area contributed by atoms with Gasteiger partial charge in [-0.05, 0) is 19.2 Å². The molecule has 2 heterocycles. The summed E-state index contributed by atoms with van der Waals surface area (Å²) in [5, 5.41) is 16.1. The van der Waals surface area contributed by atoms with E-state index in [9.17, 15) is 14.7 Å². The fourth-order valence-electron chi connectivity index (χ4n) is 2.33. The third-order valence-corrected chi connectivity index (χ3v) is 3.52. The molecule has 0 aliphatic carbocycles. The number of hydrogen-bond donors (Lipinski definition) is 3. The second-order valence-corrected chi connectivity index (χ2v) is 5.52. The van der Waals surface area contributed by atoms with Crippen molar-refractivity contribution in [2.45, 2.75) is 5.60 Å². The van der Waals surface area contributed by atoms with Crippen LogP contribution in [0.25, 0.3) is 0 Å². The van der Waals surface area contributed by atoms with Gasteiger partial charge in [-0.3, -0.25) is 14.6 Å². The molecule has 1 unspecified atom stereocenters. The lowest BCUT2D eigenvalue weighted by molar-refractivity contribution is -0.132. The number of nitrogens with one attached hydrogen (secondary N) is 2. The van der Waals surface area contributed by atoms with E-state index in [-0.39, 0.29) is 43.7 Å². The first-order valence-corrected chi connectivity index (χ1v) is 7.46. The topological polar surface area (TPSA) is 104 Å². The molecule has 1 aromatic rings. The number of rotatable bonds is 5. The number of β-amino-alcohol motifs (C(OH)–C–C–N with tert-alkyl or cyclic N) is 1. The molecule has 0 radical (unpaired) electrons. The number of aliphatic hydroxyl groups is 1. The van der Waals surface area contributed by atoms with E-state index in [0.717, 1.165) is 0 Å². The Morgan fingerprint density at radius 3 is 3.00 bits per heavy atom. The van der Waals surface area contributed by atoms with Gasteiger partial charge in [-0.15, -0.1) is 0 Å². The number of carbonyl (C=O) groups is 2. The third-order valence-electron chi connectivity index (χ3n) is 3.52. The summed E-state index contributed by atoms with van der Waals surface area (Å²) >= 11 is 0. The van der Waals surface area contributed by atoms with Crippen molar-refractivity contribution in [2.24, 2.45) is 0 Å². The van der Waals surface area contributed by atoms with Crippen molar-refractivity contribution in [3.8, 4) is 0 Å². The molecule has 2 rings (SSSR count). The van der Waals surface area contributed by atoms with Crippen molar-refractivity contribution < 1.29 is 19.4 Å². The normalized spacial score (nSPS) is 21.6. The lowest BCUT2D eigenvalue weighted by Gasteiger charge is -2.30. The van der Waals surface area contributed by atoms with E-state index in [4.69, 9.17) is 4.74 Å². The van der Waals surface area contributed by atoms with Gasteiger partial charge in [0.2, 0.25) is 5.91 Å². The Hall–Kier alpha value is -2.03. The van der Waals surface area contributed by atoms with E-state index in [1.165, 1.54) is 11.1 Å². The van der Waals surface area contributed by atoms with Gasteiger partial charge in [-0.25, -0.2) is 0 Å². The molecule has 23 heavy (non-hydrogen) atoms. The Kier molecular flexibility index (Phi) is 6.03. The standard InChI is InChI=1S/C15H22N4O4/c1-16-8-13(20)19-6-7-23-11-15(22,10-19)9-18-14(21)12-4-2-3-5-17-12/h2-5,16,22H,6-11H2,1H3,(H,18,21). The highest BCUT2D eigenvalue weighted by atomic mass is 16.5. The smallest absolute Gasteiger partial charge is 0.269 e. The first-order valence-electron chi connectivity index (χ1n) is 7.46. The SMILES string of the molecule is CNCC(=O)N1CCOCC(O)(CNC(=O)c2ccccn2)C1. The molecule has 0 spiro atoms. The minimum absolute atomic E-state index is 0.0221. The fraction of sp³-hybridized carbons (Fsp3) is 0.533. The molecule has 8 nitrogen and oxygen atoms in total. The number of nitrogens with zero attached hydrogens (tertiary/aromatic N) is 2. The van der Waals surface area contributed by atoms with Gasteiger partial charge in [0.05, 0.1) is 32.8 Å². The number of carbonyl (C=O) groups excluding carboxylic acids is 2. The molecule has 1 aliphatic heterocycles. The summed E-state index contributed by atoms with van der Waals surface area (Å²) in [4.78, 5) is 29.5. The van der Waals surface area contributed by atoms with Crippen LogP contribution in [0.5, 0.6) is 0 Å². The molecule has 0 bridgehead atoms. The molecule has 1 saturated heterocycles. The minimum atomic E-state index is -1.33. The number of ether oxygens (including phenoxy) is 1. The van der Waals surface area contributed by atoms with Crippen molar-refractivity contribution in [1.82, 2.24) is 20.5 Å². The zero-order valence-electron chi connectivity index (χ0n) is 13.1. The summed E-state index contributed by atoms with van der Waals surface area (Å²) in [5.41, 5.74) is -1.06. The Morgan fingerprint density at radius 2 is 2.30 bits per heavy atom. The summed E-state index contributed by atoms with van der Waals surface area (Å²) in [6.45, 7) is 1.10. The van der Waals surface area contributed by atoms with E-state index in [1.54, 1.807) is 25.2 Å². The number of aromatic nitrogens is 1. The summed E-state index contributed by atoms with van der Waals surface area (Å²) in [6, 6.07) is 5.02. The van der Waals surface area contributed by atoms with Crippen LogP contribution < -0.4 is 10.6 Å². The zero-order valence-corrected chi connectivity index (χ0v) is 13.1. The largest absolute Gasteiger partial charge is 0.384 e. The van der Waals surface area contributed by atoms with Crippen molar-refractivity contribution in [2.75, 3.05) is 46.4 Å². The van der Waals surface area contributed by atoms with Gasteiger partial charge in [-0.1, -0.05) is 6.07 Å². The highest BCUT2D eigenvalue weighted by molar-refractivity contribution is 5.92. The summed E-state index contributed by atoms with van der Waals surface area (Å²) in [7, 11) is 1.69. The quantitative estimate of drug-likeness (QED) is 0.617. The van der Waals surface area contributed by atoms with Crippen molar-refractivity contribution in [3.63, 3.8) is 0 Å². The minimum Gasteiger partial charge on any atom is -0.384 e. The second kappa shape index (κ2) is 8.00. The molecule has 1 fully saturated rings. The molecule has 1 atom stereocenters. The van der Waals surface area contributed by atoms with Crippen LogP contribution in [-0.4, -0.2) is 78.8 Å². The molecule has 1 aliphatic rings. The predicted molar refractivity (Wildman–Crippen MR) is 82.8 cm³/mol. The van der Waals surface area contributed by atoms with E-state index in [2.05, 4.69) is 15.6 Å². The Morgan fingerprint density at radius 1 is 1.48 bits per heavy atom. The van der Waals surface area contributed by atoms with Gasteiger partial charge >= 0.3 is 0 Å². The van der Waals surface area contributed by atoms with E-state index in [0.29, 0.717) is 13.2 Å². The molecule has 8 heteroatoms. The van der Waals surface area contributed by atoms with Crippen LogP contribution in [0.2, 0.25) is 0 Å². The van der Waals surface area contributed by atoms with E-state index >= 15 is 0 Å². The maximum atomic E-state index is 12.0. The summed E-state index contributed by atoms with van der Waals surface area (Å²) in [6.07, 6.45) is 1.52. The number of amides is 2. The van der Waals surface area contributed by atoms with Crippen LogP contribution in [0.3, 0.4) is 0 Å². The van der Waals surface area contributed by atoms with Gasteiger partial charge < -0.3 is 25.4 Å². The number of pyridine rings is 1. The predicted octanol–water partition coefficient (Wildman–Crippen LogP) is -1.38. The van der Waals surface area contributed by atoms with Crippen molar-refractivity contribution >= 4 is 11.8 Å². The summed E-state index contributed by atoms with van der Waals surface area (Å²) < 4.78 is 5.38. The number of hydrogen-bond acceptors (Lipinski definition) is 6. The van der Waals surface area contributed by atoms with Crippen LogP contribution in [0.4, 0.5) is 0 Å². The van der Waals surface area contributed by atoms with Crippen LogP contribution in [0.1, 0.15) is 10.5 Å². The number of likely N-dealkylation sites (N-methyl/N-ethyl adjacent to an activating group) is 1. The average molecular weight is 322 g/mol. The highest BCUT2D eigenvalue weighted by Crippen LogP contribution is 2.12. The van der Waals surface area contributed by atoms with Gasteiger partial charge in [0.25, 0.3) is 5.91 Å². The molecule has 1 aromatic heterocycles. The molecular weight excluding hydrogens is 300 g/mol. The molecule has 0 aromatic carbocycles. The van der Waals surface area contributed by atoms with Crippen LogP contribution >= 0.6 is 0 Å². The monoisotopic (exact) mass is 322 g/mol. The van der Waals surface area contributed by atoms with Crippen LogP contribution in [0, 0.1) is 0 Å². The van der Waals surface area contributed by atoms with Crippen LogP contribution in [-0.2, 0) is 9.53 Å². The lowest BCUT2D eigenvalue weighted by atomic mass is 10.0. The molecule has 3 N–H and O–H groups in total.